The summed E-state index contributed by atoms with van der Waals surface area (Å²) in [7, 11) is 2.57. The van der Waals surface area contributed by atoms with Gasteiger partial charge in [0.2, 0.25) is 5.91 Å². The van der Waals surface area contributed by atoms with E-state index in [0.717, 1.165) is 12.6 Å². The lowest BCUT2D eigenvalue weighted by Crippen LogP contribution is -2.46. The van der Waals surface area contributed by atoms with Gasteiger partial charge in [0.25, 0.3) is 0 Å². The number of rotatable bonds is 7. The number of carbonyl (C=O) groups excluding carboxylic acids is 1. The lowest BCUT2D eigenvalue weighted by molar-refractivity contribution is -0.157. The first-order valence-corrected chi connectivity index (χ1v) is 7.68. The van der Waals surface area contributed by atoms with Gasteiger partial charge in [0.1, 0.15) is 6.54 Å². The van der Waals surface area contributed by atoms with Crippen LogP contribution in [0.2, 0.25) is 0 Å². The molecule has 0 spiro atoms. The summed E-state index contributed by atoms with van der Waals surface area (Å²) in [5, 5.41) is 15.1. The Morgan fingerprint density at radius 1 is 1.28 bits per heavy atom. The molecule has 1 rings (SSSR count). The van der Waals surface area contributed by atoms with Crippen molar-refractivity contribution >= 4 is 11.9 Å². The Morgan fingerprint density at radius 2 is 1.92 bits per heavy atom. The average Bonchev–Trinajstić information content (AvgIpc) is 2.57. The van der Waals surface area contributed by atoms with Crippen LogP contribution in [0.25, 0.3) is 0 Å². The van der Waals surface area contributed by atoms with Gasteiger partial charge < -0.3 is 20.6 Å². The number of hydrogen-bond donors (Lipinski definition) is 3. The lowest BCUT2D eigenvalue weighted by Gasteiger charge is -2.21. The van der Waals surface area contributed by atoms with Crippen LogP contribution in [0.15, 0.2) is 35.3 Å². The smallest absolute Gasteiger partial charge is 0.396 e. The molecule has 0 aliphatic heterocycles. The quantitative estimate of drug-likeness (QED) is 0.500. The summed E-state index contributed by atoms with van der Waals surface area (Å²) in [4.78, 5) is 16.2. The lowest BCUT2D eigenvalue weighted by atomic mass is 10.0. The van der Waals surface area contributed by atoms with Crippen molar-refractivity contribution < 1.29 is 23.1 Å². The van der Waals surface area contributed by atoms with Gasteiger partial charge in [-0.3, -0.25) is 9.79 Å². The highest BCUT2D eigenvalue weighted by Crippen LogP contribution is 2.15. The second-order valence-corrected chi connectivity index (χ2v) is 5.46. The van der Waals surface area contributed by atoms with E-state index in [2.05, 4.69) is 15.6 Å². The Hall–Kier alpha value is -2.29. The number of aliphatic hydroxyl groups excluding tert-OH is 1. The predicted octanol–water partition coefficient (Wildman–Crippen LogP) is 0.948. The third kappa shape index (κ3) is 7.88. The van der Waals surface area contributed by atoms with Crippen LogP contribution in [0, 0.1) is 0 Å². The van der Waals surface area contributed by atoms with Crippen LogP contribution in [0.3, 0.4) is 0 Å². The Labute approximate surface area is 144 Å². The number of aliphatic imine (C=N–C) groups is 1. The van der Waals surface area contributed by atoms with E-state index in [1.165, 1.54) is 7.05 Å². The molecular formula is C16H23F3N4O2. The van der Waals surface area contributed by atoms with Gasteiger partial charge >= 0.3 is 6.18 Å². The van der Waals surface area contributed by atoms with E-state index in [4.69, 9.17) is 0 Å². The molecule has 0 saturated heterocycles. The molecule has 0 fully saturated rings. The maximum absolute atomic E-state index is 12.3. The molecular weight excluding hydrogens is 337 g/mol. The molecule has 0 aliphatic rings. The van der Waals surface area contributed by atoms with Crippen molar-refractivity contribution in [2.75, 3.05) is 40.3 Å². The van der Waals surface area contributed by atoms with Crippen molar-refractivity contribution in [2.24, 2.45) is 4.99 Å². The van der Waals surface area contributed by atoms with Gasteiger partial charge in [-0.1, -0.05) is 30.3 Å². The van der Waals surface area contributed by atoms with E-state index >= 15 is 0 Å². The normalized spacial score (nSPS) is 13.3. The number of carbonyl (C=O) groups is 1. The molecule has 0 saturated carbocycles. The maximum atomic E-state index is 12.3. The van der Waals surface area contributed by atoms with Crippen LogP contribution < -0.4 is 10.6 Å². The SMILES string of the molecule is CN=C(NCC(=O)N(C)CC(F)(F)F)NCC(CO)c1ccccc1. The Morgan fingerprint density at radius 3 is 2.44 bits per heavy atom. The molecule has 1 amide bonds. The Bertz CT molecular complexity index is 564. The van der Waals surface area contributed by atoms with Crippen molar-refractivity contribution in [3.8, 4) is 0 Å². The molecule has 140 valence electrons. The van der Waals surface area contributed by atoms with Crippen molar-refractivity contribution in [1.82, 2.24) is 15.5 Å². The molecule has 1 unspecified atom stereocenters. The highest BCUT2D eigenvalue weighted by molar-refractivity contribution is 5.86. The number of aliphatic hydroxyl groups is 1. The fourth-order valence-corrected chi connectivity index (χ4v) is 2.10. The topological polar surface area (TPSA) is 77.0 Å². The number of guanidine groups is 1. The van der Waals surface area contributed by atoms with E-state index in [9.17, 15) is 23.1 Å². The molecule has 25 heavy (non-hydrogen) atoms. The van der Waals surface area contributed by atoms with Gasteiger partial charge in [0.05, 0.1) is 13.2 Å². The monoisotopic (exact) mass is 360 g/mol. The molecule has 0 heterocycles. The number of hydrogen-bond acceptors (Lipinski definition) is 3. The zero-order valence-corrected chi connectivity index (χ0v) is 14.2. The van der Waals surface area contributed by atoms with Crippen molar-refractivity contribution in [1.29, 1.82) is 0 Å². The number of nitrogens with zero attached hydrogens (tertiary/aromatic N) is 2. The molecule has 6 nitrogen and oxygen atoms in total. The first-order chi connectivity index (χ1) is 11.8. The van der Waals surface area contributed by atoms with E-state index in [0.29, 0.717) is 11.4 Å². The highest BCUT2D eigenvalue weighted by atomic mass is 19.4. The van der Waals surface area contributed by atoms with E-state index in [1.54, 1.807) is 0 Å². The highest BCUT2D eigenvalue weighted by Gasteiger charge is 2.31. The number of benzene rings is 1. The van der Waals surface area contributed by atoms with Gasteiger partial charge in [-0.2, -0.15) is 13.2 Å². The molecule has 0 radical (unpaired) electrons. The molecule has 0 bridgehead atoms. The van der Waals surface area contributed by atoms with Crippen LogP contribution in [0.5, 0.6) is 0 Å². The first-order valence-electron chi connectivity index (χ1n) is 7.68. The molecule has 1 atom stereocenters. The minimum Gasteiger partial charge on any atom is -0.396 e. The van der Waals surface area contributed by atoms with Gasteiger partial charge in [0.15, 0.2) is 5.96 Å². The van der Waals surface area contributed by atoms with Gasteiger partial charge in [0, 0.05) is 26.6 Å². The Balaban J connectivity index is 2.48. The predicted molar refractivity (Wildman–Crippen MR) is 89.3 cm³/mol. The van der Waals surface area contributed by atoms with Crippen LogP contribution >= 0.6 is 0 Å². The number of likely N-dealkylation sites (N-methyl/N-ethyl adjacent to an activating group) is 1. The summed E-state index contributed by atoms with van der Waals surface area (Å²) in [5.74, 6) is -0.617. The van der Waals surface area contributed by atoms with Gasteiger partial charge in [-0.15, -0.1) is 0 Å². The van der Waals surface area contributed by atoms with Crippen molar-refractivity contribution in [2.45, 2.75) is 12.1 Å². The van der Waals surface area contributed by atoms with Crippen LogP contribution in [-0.2, 0) is 4.79 Å². The number of amides is 1. The first kappa shape index (κ1) is 20.8. The second-order valence-electron chi connectivity index (χ2n) is 5.46. The summed E-state index contributed by atoms with van der Waals surface area (Å²) in [6.45, 7) is -1.35. The van der Waals surface area contributed by atoms with Crippen LogP contribution in [0.4, 0.5) is 13.2 Å². The summed E-state index contributed by atoms with van der Waals surface area (Å²) in [6, 6.07) is 9.36. The number of nitrogens with one attached hydrogen (secondary N) is 2. The molecule has 3 N–H and O–H groups in total. The third-order valence-electron chi connectivity index (χ3n) is 3.48. The molecule has 9 heteroatoms. The van der Waals surface area contributed by atoms with E-state index in [-0.39, 0.29) is 25.0 Å². The maximum Gasteiger partial charge on any atom is 0.406 e. The molecule has 1 aromatic carbocycles. The minimum absolute atomic E-state index is 0.0821. The summed E-state index contributed by atoms with van der Waals surface area (Å²) >= 11 is 0. The second kappa shape index (κ2) is 9.87. The molecule has 0 aliphatic carbocycles. The summed E-state index contributed by atoms with van der Waals surface area (Å²) in [6.07, 6.45) is -4.44. The van der Waals surface area contributed by atoms with Crippen molar-refractivity contribution in [3.63, 3.8) is 0 Å². The van der Waals surface area contributed by atoms with Crippen molar-refractivity contribution in [3.05, 3.63) is 35.9 Å². The van der Waals surface area contributed by atoms with Crippen LogP contribution in [0.1, 0.15) is 11.5 Å². The third-order valence-corrected chi connectivity index (χ3v) is 3.48. The fraction of sp³-hybridized carbons (Fsp3) is 0.500. The molecule has 1 aromatic rings. The zero-order valence-electron chi connectivity index (χ0n) is 14.2. The van der Waals surface area contributed by atoms with E-state index < -0.39 is 18.6 Å². The van der Waals surface area contributed by atoms with Crippen LogP contribution in [-0.4, -0.2) is 68.4 Å². The average molecular weight is 360 g/mol. The minimum atomic E-state index is -4.44. The fourth-order valence-electron chi connectivity index (χ4n) is 2.10. The number of halogens is 3. The van der Waals surface area contributed by atoms with E-state index in [1.807, 2.05) is 30.3 Å². The number of alkyl halides is 3. The largest absolute Gasteiger partial charge is 0.406 e. The zero-order chi connectivity index (χ0) is 18.9. The van der Waals surface area contributed by atoms with Gasteiger partial charge in [-0.25, -0.2) is 0 Å². The Kier molecular flexibility index (Phi) is 8.20. The summed E-state index contributed by atoms with van der Waals surface area (Å²) in [5.41, 5.74) is 0.939. The summed E-state index contributed by atoms with van der Waals surface area (Å²) < 4.78 is 36.8. The standard InChI is InChI=1S/C16H23F3N4O2/c1-20-15(22-9-14(25)23(2)11-16(17,18)19)21-8-13(10-24)12-6-4-3-5-7-12/h3-7,13,24H,8-11H2,1-2H3,(H2,20,21,22). The molecule has 0 aromatic heterocycles. The van der Waals surface area contributed by atoms with Gasteiger partial charge in [-0.05, 0) is 5.56 Å².